The molecule has 3 aromatic rings. The monoisotopic (exact) mass is 556 g/mol. The van der Waals surface area contributed by atoms with Crippen LogP contribution in [0.25, 0.3) is 5.57 Å². The first-order chi connectivity index (χ1) is 19.7. The number of nitro benzene ring substituents is 1. The normalized spacial score (nSPS) is 13.4. The molecule has 3 amide bonds. The van der Waals surface area contributed by atoms with Crippen molar-refractivity contribution in [2.24, 2.45) is 0 Å². The van der Waals surface area contributed by atoms with Crippen LogP contribution in [0.15, 0.2) is 72.8 Å². The third-order valence-corrected chi connectivity index (χ3v) is 6.98. The molecule has 1 atom stereocenters. The van der Waals surface area contributed by atoms with Crippen LogP contribution in [0, 0.1) is 17.0 Å². The minimum atomic E-state index is -1.00. The van der Waals surface area contributed by atoms with Crippen LogP contribution in [-0.2, 0) is 4.79 Å². The number of hydrogen-bond acceptors (Lipinski definition) is 5. The van der Waals surface area contributed by atoms with Crippen molar-refractivity contribution in [1.82, 2.24) is 10.6 Å². The lowest BCUT2D eigenvalue weighted by Gasteiger charge is -2.21. The SMILES string of the molecule is Cc1ccc(NC(=O)NC(c2ccc(C(=O)NCCC(=O)O)cc2)c2ccc(C3=CCCCC3)cc2)cc1[N+](=O)[O-]. The Morgan fingerprint density at radius 3 is 2.27 bits per heavy atom. The van der Waals surface area contributed by atoms with Gasteiger partial charge in [-0.2, -0.15) is 0 Å². The first kappa shape index (κ1) is 29.0. The van der Waals surface area contributed by atoms with Crippen LogP contribution in [0.5, 0.6) is 0 Å². The number of anilines is 1. The molecule has 212 valence electrons. The third-order valence-electron chi connectivity index (χ3n) is 6.98. The van der Waals surface area contributed by atoms with Gasteiger partial charge in [0.2, 0.25) is 0 Å². The second-order valence-electron chi connectivity index (χ2n) is 9.91. The van der Waals surface area contributed by atoms with E-state index in [0.29, 0.717) is 16.7 Å². The van der Waals surface area contributed by atoms with Gasteiger partial charge in [0.05, 0.1) is 17.4 Å². The van der Waals surface area contributed by atoms with Gasteiger partial charge in [0.1, 0.15) is 0 Å². The minimum Gasteiger partial charge on any atom is -0.481 e. The first-order valence-corrected chi connectivity index (χ1v) is 13.4. The van der Waals surface area contributed by atoms with E-state index in [4.69, 9.17) is 5.11 Å². The molecule has 0 fully saturated rings. The van der Waals surface area contributed by atoms with E-state index < -0.39 is 28.9 Å². The number of urea groups is 1. The molecule has 41 heavy (non-hydrogen) atoms. The quantitative estimate of drug-likeness (QED) is 0.178. The fourth-order valence-corrected chi connectivity index (χ4v) is 4.74. The largest absolute Gasteiger partial charge is 0.481 e. The van der Waals surface area contributed by atoms with Gasteiger partial charge in [0.25, 0.3) is 11.6 Å². The molecule has 0 bridgehead atoms. The Labute approximate surface area is 237 Å². The number of aliphatic carboxylic acids is 1. The van der Waals surface area contributed by atoms with E-state index in [1.165, 1.54) is 18.1 Å². The molecule has 1 unspecified atom stereocenters. The van der Waals surface area contributed by atoms with Gasteiger partial charge in [0, 0.05) is 29.4 Å². The Balaban J connectivity index is 1.56. The van der Waals surface area contributed by atoms with Crippen molar-refractivity contribution < 1.29 is 24.4 Å². The van der Waals surface area contributed by atoms with Gasteiger partial charge in [-0.15, -0.1) is 0 Å². The first-order valence-electron chi connectivity index (χ1n) is 13.4. The van der Waals surface area contributed by atoms with E-state index in [9.17, 15) is 24.5 Å². The number of hydrogen-bond donors (Lipinski definition) is 4. The highest BCUT2D eigenvalue weighted by molar-refractivity contribution is 5.94. The molecular formula is C31H32N4O6. The standard InChI is InChI=1S/C31H32N4O6/c1-20-7-16-26(19-27(20)35(40)41)33-31(39)34-29(23-10-8-22(9-11-23)21-5-3-2-4-6-21)24-12-14-25(15-13-24)30(38)32-18-17-28(36)37/h5,7-16,19,29H,2-4,6,17-18H2,1H3,(H,32,38)(H,36,37)(H2,33,34,39). The van der Waals surface area contributed by atoms with Crippen LogP contribution in [0.2, 0.25) is 0 Å². The number of allylic oxidation sites excluding steroid dienone is 2. The van der Waals surface area contributed by atoms with Crippen LogP contribution in [0.1, 0.15) is 70.8 Å². The molecule has 10 heteroatoms. The summed E-state index contributed by atoms with van der Waals surface area (Å²) < 4.78 is 0. The number of carboxylic acids is 1. The lowest BCUT2D eigenvalue weighted by Crippen LogP contribution is -2.33. The van der Waals surface area contributed by atoms with Gasteiger partial charge < -0.3 is 21.1 Å². The van der Waals surface area contributed by atoms with E-state index in [1.807, 2.05) is 24.3 Å². The molecule has 1 aliphatic rings. The summed E-state index contributed by atoms with van der Waals surface area (Å²) in [5, 5.41) is 28.3. The van der Waals surface area contributed by atoms with Gasteiger partial charge in [0.15, 0.2) is 0 Å². The summed E-state index contributed by atoms with van der Waals surface area (Å²) in [4.78, 5) is 47.1. The number of nitrogens with zero attached hydrogens (tertiary/aromatic N) is 1. The molecule has 3 aromatic carbocycles. The topological polar surface area (TPSA) is 151 Å². The molecule has 0 saturated carbocycles. The number of carbonyl (C=O) groups is 3. The molecule has 0 radical (unpaired) electrons. The van der Waals surface area contributed by atoms with Gasteiger partial charge in [-0.05, 0) is 73.1 Å². The number of carbonyl (C=O) groups excluding carboxylic acids is 2. The second kappa shape index (κ2) is 13.4. The van der Waals surface area contributed by atoms with E-state index >= 15 is 0 Å². The summed E-state index contributed by atoms with van der Waals surface area (Å²) in [7, 11) is 0. The predicted octanol–water partition coefficient (Wildman–Crippen LogP) is 5.98. The molecule has 4 N–H and O–H groups in total. The second-order valence-corrected chi connectivity index (χ2v) is 9.91. The molecule has 0 aliphatic heterocycles. The van der Waals surface area contributed by atoms with Gasteiger partial charge in [-0.25, -0.2) is 4.79 Å². The highest BCUT2D eigenvalue weighted by Gasteiger charge is 2.20. The Morgan fingerprint density at radius 1 is 0.976 bits per heavy atom. The molecule has 0 aromatic heterocycles. The van der Waals surface area contributed by atoms with Gasteiger partial charge in [-0.1, -0.05) is 48.5 Å². The van der Waals surface area contributed by atoms with Crippen molar-refractivity contribution in [2.75, 3.05) is 11.9 Å². The van der Waals surface area contributed by atoms with Crippen molar-refractivity contribution in [2.45, 2.75) is 45.1 Å². The number of benzene rings is 3. The maximum atomic E-state index is 13.1. The van der Waals surface area contributed by atoms with Crippen LogP contribution in [0.3, 0.4) is 0 Å². The van der Waals surface area contributed by atoms with E-state index in [1.54, 1.807) is 43.3 Å². The Morgan fingerprint density at radius 2 is 1.66 bits per heavy atom. The number of aryl methyl sites for hydroxylation is 1. The van der Waals surface area contributed by atoms with Crippen molar-refractivity contribution >= 4 is 34.9 Å². The van der Waals surface area contributed by atoms with Crippen molar-refractivity contribution in [3.63, 3.8) is 0 Å². The zero-order valence-corrected chi connectivity index (χ0v) is 22.7. The van der Waals surface area contributed by atoms with Crippen LogP contribution >= 0.6 is 0 Å². The fourth-order valence-electron chi connectivity index (χ4n) is 4.74. The Hall–Kier alpha value is -4.99. The zero-order valence-electron chi connectivity index (χ0n) is 22.7. The Bertz CT molecular complexity index is 1460. The summed E-state index contributed by atoms with van der Waals surface area (Å²) in [6.45, 7) is 1.64. The minimum absolute atomic E-state index is 0.0141. The van der Waals surface area contributed by atoms with E-state index in [0.717, 1.165) is 30.4 Å². The number of nitro groups is 1. The number of rotatable bonds is 10. The summed E-state index contributed by atoms with van der Waals surface area (Å²) in [6.07, 6.45) is 6.54. The van der Waals surface area contributed by atoms with Crippen molar-refractivity contribution in [1.29, 1.82) is 0 Å². The highest BCUT2D eigenvalue weighted by Crippen LogP contribution is 2.29. The molecule has 0 heterocycles. The zero-order chi connectivity index (χ0) is 29.4. The number of carboxylic acid groups (broad SMARTS) is 1. The predicted molar refractivity (Wildman–Crippen MR) is 156 cm³/mol. The Kier molecular flexibility index (Phi) is 9.47. The summed E-state index contributed by atoms with van der Waals surface area (Å²) in [6, 6.07) is 18.0. The average molecular weight is 557 g/mol. The fraction of sp³-hybridized carbons (Fsp3) is 0.258. The summed E-state index contributed by atoms with van der Waals surface area (Å²) in [5.41, 5.74) is 5.00. The average Bonchev–Trinajstić information content (AvgIpc) is 2.97. The summed E-state index contributed by atoms with van der Waals surface area (Å²) in [5.74, 6) is -1.40. The lowest BCUT2D eigenvalue weighted by atomic mass is 9.91. The number of nitrogens with one attached hydrogen (secondary N) is 3. The van der Waals surface area contributed by atoms with Crippen LogP contribution in [0.4, 0.5) is 16.2 Å². The van der Waals surface area contributed by atoms with E-state index in [-0.39, 0.29) is 24.3 Å². The van der Waals surface area contributed by atoms with Crippen molar-refractivity contribution in [3.05, 3.63) is 111 Å². The maximum Gasteiger partial charge on any atom is 0.319 e. The molecule has 0 spiro atoms. The molecule has 0 saturated heterocycles. The molecule has 1 aliphatic carbocycles. The van der Waals surface area contributed by atoms with Crippen molar-refractivity contribution in [3.8, 4) is 0 Å². The third kappa shape index (κ3) is 7.78. The molecular weight excluding hydrogens is 524 g/mol. The smallest absolute Gasteiger partial charge is 0.319 e. The summed E-state index contributed by atoms with van der Waals surface area (Å²) >= 11 is 0. The molecule has 4 rings (SSSR count). The van der Waals surface area contributed by atoms with Gasteiger partial charge in [-0.3, -0.25) is 19.7 Å². The maximum absolute atomic E-state index is 13.1. The number of amides is 3. The van der Waals surface area contributed by atoms with Crippen LogP contribution < -0.4 is 16.0 Å². The lowest BCUT2D eigenvalue weighted by molar-refractivity contribution is -0.385. The van der Waals surface area contributed by atoms with E-state index in [2.05, 4.69) is 22.0 Å². The highest BCUT2D eigenvalue weighted by atomic mass is 16.6. The van der Waals surface area contributed by atoms with Crippen LogP contribution in [-0.4, -0.2) is 34.5 Å². The molecule has 10 nitrogen and oxygen atoms in total. The van der Waals surface area contributed by atoms with Gasteiger partial charge >= 0.3 is 12.0 Å².